The average molecular weight is 361 g/mol. The Kier molecular flexibility index (Phi) is 3.85. The minimum absolute atomic E-state index is 0.117. The lowest BCUT2D eigenvalue weighted by Crippen LogP contribution is -2.19. The van der Waals surface area contributed by atoms with Crippen LogP contribution >= 0.6 is 11.6 Å². The molecule has 0 atom stereocenters. The molecular formula is C17H13ClN2O5. The summed E-state index contributed by atoms with van der Waals surface area (Å²) in [6, 6.07) is 10.1. The molecular weight excluding hydrogens is 348 g/mol. The predicted octanol–water partition coefficient (Wildman–Crippen LogP) is 3.01. The fourth-order valence-electron chi connectivity index (χ4n) is 2.66. The maximum Gasteiger partial charge on any atom is 0.419 e. The number of rotatable bonds is 4. The Morgan fingerprint density at radius 2 is 2.00 bits per heavy atom. The zero-order chi connectivity index (χ0) is 17.4. The molecule has 0 bridgehead atoms. The van der Waals surface area contributed by atoms with E-state index in [1.54, 1.807) is 36.4 Å². The number of benzene rings is 2. The lowest BCUT2D eigenvalue weighted by Gasteiger charge is -2.06. The molecule has 0 radical (unpaired) electrons. The molecule has 3 aromatic rings. The molecule has 1 aliphatic rings. The third kappa shape index (κ3) is 3.06. The number of oxazole rings is 1. The largest absolute Gasteiger partial charge is 0.454 e. The van der Waals surface area contributed by atoms with Crippen molar-refractivity contribution >= 4 is 34.3 Å². The molecule has 4 rings (SSSR count). The quantitative estimate of drug-likeness (QED) is 0.773. The monoisotopic (exact) mass is 360 g/mol. The van der Waals surface area contributed by atoms with Crippen LogP contribution in [0.5, 0.6) is 11.5 Å². The highest BCUT2D eigenvalue weighted by Crippen LogP contribution is 2.34. The molecule has 7 nitrogen and oxygen atoms in total. The highest BCUT2D eigenvalue weighted by molar-refractivity contribution is 6.31. The van der Waals surface area contributed by atoms with E-state index in [-0.39, 0.29) is 25.7 Å². The van der Waals surface area contributed by atoms with Gasteiger partial charge in [0, 0.05) is 35.8 Å². The molecule has 0 spiro atoms. The number of aryl methyl sites for hydroxylation is 1. The molecule has 25 heavy (non-hydrogen) atoms. The summed E-state index contributed by atoms with van der Waals surface area (Å²) in [6.07, 6.45) is 0.117. The second-order valence-corrected chi connectivity index (χ2v) is 5.93. The highest BCUT2D eigenvalue weighted by Gasteiger charge is 2.15. The number of amides is 1. The van der Waals surface area contributed by atoms with Crippen LogP contribution < -0.4 is 20.5 Å². The van der Waals surface area contributed by atoms with Crippen LogP contribution in [0.1, 0.15) is 6.42 Å². The lowest BCUT2D eigenvalue weighted by molar-refractivity contribution is -0.116. The number of anilines is 1. The molecule has 0 unspecified atom stereocenters. The predicted molar refractivity (Wildman–Crippen MR) is 91.3 cm³/mol. The Balaban J connectivity index is 1.45. The van der Waals surface area contributed by atoms with Gasteiger partial charge in [-0.25, -0.2) is 4.79 Å². The van der Waals surface area contributed by atoms with Crippen LogP contribution in [-0.2, 0) is 11.3 Å². The number of ether oxygens (including phenoxy) is 2. The van der Waals surface area contributed by atoms with Gasteiger partial charge in [0.1, 0.15) is 0 Å². The van der Waals surface area contributed by atoms with Gasteiger partial charge in [-0.3, -0.25) is 9.36 Å². The highest BCUT2D eigenvalue weighted by atomic mass is 35.5. The molecule has 0 saturated heterocycles. The van der Waals surface area contributed by atoms with Gasteiger partial charge in [-0.15, -0.1) is 0 Å². The van der Waals surface area contributed by atoms with Crippen molar-refractivity contribution in [2.24, 2.45) is 0 Å². The Bertz CT molecular complexity index is 1020. The van der Waals surface area contributed by atoms with E-state index in [2.05, 4.69) is 5.32 Å². The first-order valence-electron chi connectivity index (χ1n) is 7.58. The summed E-state index contributed by atoms with van der Waals surface area (Å²) in [5.41, 5.74) is 1.60. The summed E-state index contributed by atoms with van der Waals surface area (Å²) < 4.78 is 17.0. The van der Waals surface area contributed by atoms with Crippen LogP contribution in [0.15, 0.2) is 45.6 Å². The zero-order valence-corrected chi connectivity index (χ0v) is 13.7. The molecule has 1 aliphatic heterocycles. The normalized spacial score (nSPS) is 12.5. The van der Waals surface area contributed by atoms with E-state index in [1.165, 1.54) is 4.57 Å². The van der Waals surface area contributed by atoms with Crippen molar-refractivity contribution in [1.29, 1.82) is 0 Å². The molecule has 2 heterocycles. The molecule has 0 aliphatic carbocycles. The molecule has 1 aromatic heterocycles. The second-order valence-electron chi connectivity index (χ2n) is 5.50. The van der Waals surface area contributed by atoms with Gasteiger partial charge in [-0.1, -0.05) is 11.6 Å². The van der Waals surface area contributed by atoms with E-state index >= 15 is 0 Å². The first kappa shape index (κ1) is 15.6. The summed E-state index contributed by atoms with van der Waals surface area (Å²) in [5, 5.41) is 3.25. The zero-order valence-electron chi connectivity index (χ0n) is 13.0. The first-order valence-corrected chi connectivity index (χ1v) is 7.96. The Morgan fingerprint density at radius 3 is 2.88 bits per heavy atom. The topological polar surface area (TPSA) is 82.7 Å². The number of hydrogen-bond acceptors (Lipinski definition) is 5. The second kappa shape index (κ2) is 6.18. The van der Waals surface area contributed by atoms with Crippen molar-refractivity contribution in [2.75, 3.05) is 12.1 Å². The summed E-state index contributed by atoms with van der Waals surface area (Å²) in [4.78, 5) is 24.1. The smallest absolute Gasteiger partial charge is 0.419 e. The minimum Gasteiger partial charge on any atom is -0.454 e. The fraction of sp³-hybridized carbons (Fsp3) is 0.176. The third-order valence-electron chi connectivity index (χ3n) is 3.85. The molecule has 1 N–H and O–H groups in total. The molecule has 1 amide bonds. The van der Waals surface area contributed by atoms with Crippen LogP contribution in [0.3, 0.4) is 0 Å². The van der Waals surface area contributed by atoms with Crippen LogP contribution in [0.25, 0.3) is 11.1 Å². The molecule has 0 fully saturated rings. The van der Waals surface area contributed by atoms with Gasteiger partial charge in [0.2, 0.25) is 12.7 Å². The molecule has 2 aromatic carbocycles. The van der Waals surface area contributed by atoms with Crippen molar-refractivity contribution in [1.82, 2.24) is 4.57 Å². The van der Waals surface area contributed by atoms with Crippen molar-refractivity contribution in [2.45, 2.75) is 13.0 Å². The van der Waals surface area contributed by atoms with Crippen molar-refractivity contribution in [3.8, 4) is 11.5 Å². The number of aromatic nitrogens is 1. The number of carbonyl (C=O) groups excluding carboxylic acids is 1. The van der Waals surface area contributed by atoms with Crippen LogP contribution in [0.2, 0.25) is 5.02 Å². The minimum atomic E-state index is -0.520. The van der Waals surface area contributed by atoms with E-state index in [9.17, 15) is 9.59 Å². The molecule has 128 valence electrons. The van der Waals surface area contributed by atoms with Gasteiger partial charge in [0.05, 0.1) is 5.52 Å². The van der Waals surface area contributed by atoms with Gasteiger partial charge >= 0.3 is 5.76 Å². The lowest BCUT2D eigenvalue weighted by atomic mass is 10.2. The van der Waals surface area contributed by atoms with E-state index in [4.69, 9.17) is 25.5 Å². The van der Waals surface area contributed by atoms with Gasteiger partial charge in [0.25, 0.3) is 0 Å². The maximum atomic E-state index is 12.2. The number of nitrogens with one attached hydrogen (secondary N) is 1. The van der Waals surface area contributed by atoms with Crippen molar-refractivity contribution in [3.63, 3.8) is 0 Å². The van der Waals surface area contributed by atoms with Gasteiger partial charge in [0.15, 0.2) is 17.1 Å². The number of hydrogen-bond donors (Lipinski definition) is 1. The average Bonchev–Trinajstić information content (AvgIpc) is 3.15. The van der Waals surface area contributed by atoms with Crippen LogP contribution in [-0.4, -0.2) is 17.3 Å². The molecule has 0 saturated carbocycles. The summed E-state index contributed by atoms with van der Waals surface area (Å²) >= 11 is 5.88. The number of nitrogens with zero attached hydrogens (tertiary/aromatic N) is 1. The maximum absolute atomic E-state index is 12.2. The van der Waals surface area contributed by atoms with E-state index < -0.39 is 5.76 Å². The molecule has 8 heteroatoms. The van der Waals surface area contributed by atoms with Gasteiger partial charge < -0.3 is 19.2 Å². The van der Waals surface area contributed by atoms with Crippen LogP contribution in [0.4, 0.5) is 5.69 Å². The van der Waals surface area contributed by atoms with Gasteiger partial charge in [-0.05, 0) is 24.3 Å². The van der Waals surface area contributed by atoms with Crippen molar-refractivity contribution in [3.05, 3.63) is 52.0 Å². The number of carbonyl (C=O) groups is 1. The summed E-state index contributed by atoms with van der Waals surface area (Å²) in [7, 11) is 0. The number of fused-ring (bicyclic) bond motifs is 2. The Hall–Kier alpha value is -2.93. The van der Waals surface area contributed by atoms with Gasteiger partial charge in [-0.2, -0.15) is 0 Å². The summed E-state index contributed by atoms with van der Waals surface area (Å²) in [5.74, 6) is 0.488. The van der Waals surface area contributed by atoms with E-state index in [0.717, 1.165) is 0 Å². The fourth-order valence-corrected chi connectivity index (χ4v) is 2.83. The third-order valence-corrected chi connectivity index (χ3v) is 4.08. The standard InChI is InChI=1S/C17H13ClN2O5/c18-10-1-3-12-14(7-10)25-17(22)20(12)6-5-16(21)19-11-2-4-13-15(8-11)24-9-23-13/h1-4,7-8H,5-6,9H2,(H,19,21). The Labute approximate surface area is 146 Å². The van der Waals surface area contributed by atoms with E-state index in [0.29, 0.717) is 33.3 Å². The van der Waals surface area contributed by atoms with Crippen LogP contribution in [0, 0.1) is 0 Å². The van der Waals surface area contributed by atoms with Crippen molar-refractivity contribution < 1.29 is 18.7 Å². The first-order chi connectivity index (χ1) is 12.1. The summed E-state index contributed by atoms with van der Waals surface area (Å²) in [6.45, 7) is 0.372. The van der Waals surface area contributed by atoms with E-state index in [1.807, 2.05) is 0 Å². The SMILES string of the molecule is O=C(CCn1c(=O)oc2cc(Cl)ccc21)Nc1ccc2c(c1)OCO2. The number of halogens is 1. The Morgan fingerprint density at radius 1 is 1.16 bits per heavy atom.